The van der Waals surface area contributed by atoms with Crippen LogP contribution in [0.5, 0.6) is 0 Å². The van der Waals surface area contributed by atoms with Crippen LogP contribution in [0.1, 0.15) is 36.6 Å². The van der Waals surface area contributed by atoms with Crippen molar-refractivity contribution in [3.05, 3.63) is 65.2 Å². The van der Waals surface area contributed by atoms with E-state index in [1.54, 1.807) is 48.2 Å². The molecule has 0 heterocycles. The van der Waals surface area contributed by atoms with Gasteiger partial charge in [-0.2, -0.15) is 4.72 Å². The third-order valence-electron chi connectivity index (χ3n) is 4.36. The van der Waals surface area contributed by atoms with Gasteiger partial charge in [0.15, 0.2) is 0 Å². The first-order valence-electron chi connectivity index (χ1n) is 8.73. The number of carbonyl (C=O) groups is 1. The molecule has 1 atom stereocenters. The van der Waals surface area contributed by atoms with Crippen molar-refractivity contribution in [1.82, 2.24) is 9.62 Å². The number of benzene rings is 2. The predicted molar refractivity (Wildman–Crippen MR) is 103 cm³/mol. The largest absolute Gasteiger partial charge is 0.342 e. The normalized spacial score (nSPS) is 12.6. The smallest absolute Gasteiger partial charge is 0.245 e. The molecule has 0 unspecified atom stereocenters. The minimum atomic E-state index is -3.85. The Morgan fingerprint density at radius 2 is 1.65 bits per heavy atom. The molecule has 0 aliphatic carbocycles. The van der Waals surface area contributed by atoms with E-state index in [0.717, 1.165) is 5.56 Å². The zero-order chi connectivity index (χ0) is 19.3. The van der Waals surface area contributed by atoms with Gasteiger partial charge in [-0.05, 0) is 50.5 Å². The summed E-state index contributed by atoms with van der Waals surface area (Å²) in [4.78, 5) is 14.8. The molecule has 0 fully saturated rings. The molecule has 0 spiro atoms. The van der Waals surface area contributed by atoms with Crippen molar-refractivity contribution >= 4 is 15.9 Å². The van der Waals surface area contributed by atoms with Crippen LogP contribution in [0.15, 0.2) is 53.4 Å². The fourth-order valence-electron chi connectivity index (χ4n) is 2.84. The van der Waals surface area contributed by atoms with E-state index in [1.165, 1.54) is 0 Å². The molecule has 0 aliphatic heterocycles. The molecule has 0 bridgehead atoms. The molecule has 0 aliphatic rings. The summed E-state index contributed by atoms with van der Waals surface area (Å²) in [6.07, 6.45) is 0. The Bertz CT molecular complexity index is 860. The van der Waals surface area contributed by atoms with E-state index < -0.39 is 16.1 Å². The van der Waals surface area contributed by atoms with E-state index >= 15 is 0 Å². The summed E-state index contributed by atoms with van der Waals surface area (Å²) in [7, 11) is -3.85. The number of carbonyl (C=O) groups excluding carboxylic acids is 1. The number of amides is 1. The van der Waals surface area contributed by atoms with Crippen LogP contribution in [-0.4, -0.2) is 32.3 Å². The fourth-order valence-corrected chi connectivity index (χ4v) is 4.35. The molecule has 0 radical (unpaired) electrons. The third kappa shape index (κ3) is 4.51. The molecular weight excluding hydrogens is 348 g/mol. The molecule has 6 heteroatoms. The van der Waals surface area contributed by atoms with E-state index in [0.29, 0.717) is 24.2 Å². The van der Waals surface area contributed by atoms with E-state index in [4.69, 9.17) is 0 Å². The van der Waals surface area contributed by atoms with Crippen LogP contribution in [0.25, 0.3) is 0 Å². The Balaban J connectivity index is 2.46. The second-order valence-corrected chi connectivity index (χ2v) is 7.93. The van der Waals surface area contributed by atoms with Gasteiger partial charge in [0.25, 0.3) is 0 Å². The summed E-state index contributed by atoms with van der Waals surface area (Å²) >= 11 is 0. The zero-order valence-corrected chi connectivity index (χ0v) is 16.5. The monoisotopic (exact) mass is 374 g/mol. The Kier molecular flexibility index (Phi) is 6.56. The lowest BCUT2D eigenvalue weighted by Gasteiger charge is -2.26. The van der Waals surface area contributed by atoms with Crippen molar-refractivity contribution in [2.75, 3.05) is 13.1 Å². The van der Waals surface area contributed by atoms with Gasteiger partial charge in [0.05, 0.1) is 4.90 Å². The molecule has 2 aromatic rings. The average Bonchev–Trinajstić information content (AvgIpc) is 2.63. The molecule has 5 nitrogen and oxygen atoms in total. The maximum absolute atomic E-state index is 13.0. The molecule has 0 saturated carbocycles. The van der Waals surface area contributed by atoms with Crippen molar-refractivity contribution in [3.63, 3.8) is 0 Å². The van der Waals surface area contributed by atoms with Crippen molar-refractivity contribution in [2.45, 2.75) is 38.6 Å². The van der Waals surface area contributed by atoms with Crippen molar-refractivity contribution < 1.29 is 13.2 Å². The number of aryl methyl sites for hydroxylation is 2. The highest BCUT2D eigenvalue weighted by Crippen LogP contribution is 2.22. The summed E-state index contributed by atoms with van der Waals surface area (Å²) in [5, 5.41) is 0. The van der Waals surface area contributed by atoms with Crippen molar-refractivity contribution in [3.8, 4) is 0 Å². The second kappa shape index (κ2) is 8.47. The highest BCUT2D eigenvalue weighted by molar-refractivity contribution is 7.89. The maximum Gasteiger partial charge on any atom is 0.245 e. The zero-order valence-electron chi connectivity index (χ0n) is 15.7. The molecule has 1 N–H and O–H groups in total. The van der Waals surface area contributed by atoms with Crippen LogP contribution >= 0.6 is 0 Å². The number of likely N-dealkylation sites (N-methyl/N-ethyl adjacent to an activating group) is 1. The Morgan fingerprint density at radius 3 is 2.23 bits per heavy atom. The molecule has 0 saturated heterocycles. The molecular formula is C20H26N2O3S. The number of hydrogen-bond acceptors (Lipinski definition) is 3. The van der Waals surface area contributed by atoms with Gasteiger partial charge in [-0.3, -0.25) is 4.79 Å². The van der Waals surface area contributed by atoms with Crippen LogP contribution in [0.4, 0.5) is 0 Å². The van der Waals surface area contributed by atoms with E-state index in [9.17, 15) is 13.2 Å². The first-order valence-corrected chi connectivity index (χ1v) is 10.2. The minimum Gasteiger partial charge on any atom is -0.342 e. The van der Waals surface area contributed by atoms with Crippen molar-refractivity contribution in [1.29, 1.82) is 0 Å². The third-order valence-corrected chi connectivity index (χ3v) is 5.93. The van der Waals surface area contributed by atoms with Crippen LogP contribution in [-0.2, 0) is 14.8 Å². The van der Waals surface area contributed by atoms with E-state index in [1.807, 2.05) is 32.9 Å². The number of hydrogen-bond donors (Lipinski definition) is 1. The summed E-state index contributed by atoms with van der Waals surface area (Å²) in [6, 6.07) is 13.3. The van der Waals surface area contributed by atoms with E-state index in [-0.39, 0.29) is 10.8 Å². The minimum absolute atomic E-state index is 0.200. The van der Waals surface area contributed by atoms with Crippen molar-refractivity contribution in [2.24, 2.45) is 0 Å². The van der Waals surface area contributed by atoms with Gasteiger partial charge in [-0.15, -0.1) is 0 Å². The number of nitrogens with one attached hydrogen (secondary N) is 1. The first kappa shape index (κ1) is 20.1. The number of sulfonamides is 1. The summed E-state index contributed by atoms with van der Waals surface area (Å²) < 4.78 is 28.6. The predicted octanol–water partition coefficient (Wildman–Crippen LogP) is 3.19. The molecule has 26 heavy (non-hydrogen) atoms. The summed E-state index contributed by atoms with van der Waals surface area (Å²) in [5.41, 5.74) is 2.12. The topological polar surface area (TPSA) is 66.5 Å². The van der Waals surface area contributed by atoms with Gasteiger partial charge in [-0.25, -0.2) is 8.42 Å². The van der Waals surface area contributed by atoms with Gasteiger partial charge in [0.1, 0.15) is 6.04 Å². The molecule has 140 valence electrons. The molecule has 2 rings (SSSR count). The van der Waals surface area contributed by atoms with Gasteiger partial charge in [-0.1, -0.05) is 42.5 Å². The summed E-state index contributed by atoms with van der Waals surface area (Å²) in [6.45, 7) is 8.38. The Morgan fingerprint density at radius 1 is 1.04 bits per heavy atom. The highest BCUT2D eigenvalue weighted by atomic mass is 32.2. The summed E-state index contributed by atoms with van der Waals surface area (Å²) in [5.74, 6) is -0.255. The SMILES string of the molecule is CCN(CC)C(=O)[C@@H](NS(=O)(=O)c1cc(C)ccc1C)c1ccccc1. The van der Waals surface area contributed by atoms with Crippen LogP contribution < -0.4 is 4.72 Å². The van der Waals surface area contributed by atoms with Gasteiger partial charge in [0, 0.05) is 13.1 Å². The quantitative estimate of drug-likeness (QED) is 0.809. The molecule has 1 amide bonds. The van der Waals surface area contributed by atoms with E-state index in [2.05, 4.69) is 4.72 Å². The Hall–Kier alpha value is -2.18. The number of nitrogens with zero attached hydrogens (tertiary/aromatic N) is 1. The van der Waals surface area contributed by atoms with Gasteiger partial charge < -0.3 is 4.90 Å². The van der Waals surface area contributed by atoms with Gasteiger partial charge >= 0.3 is 0 Å². The highest BCUT2D eigenvalue weighted by Gasteiger charge is 2.30. The standard InChI is InChI=1S/C20H26N2O3S/c1-5-22(6-2)20(23)19(17-10-8-7-9-11-17)21-26(24,25)18-14-15(3)12-13-16(18)4/h7-14,19,21H,5-6H2,1-4H3/t19-/m0/s1. The number of rotatable bonds is 7. The maximum atomic E-state index is 13.0. The second-order valence-electron chi connectivity index (χ2n) is 6.24. The fraction of sp³-hybridized carbons (Fsp3) is 0.350. The van der Waals surface area contributed by atoms with Crippen LogP contribution in [0, 0.1) is 13.8 Å². The van der Waals surface area contributed by atoms with Crippen LogP contribution in [0.3, 0.4) is 0 Å². The average molecular weight is 375 g/mol. The van der Waals surface area contributed by atoms with Gasteiger partial charge in [0.2, 0.25) is 15.9 Å². The van der Waals surface area contributed by atoms with Crippen LogP contribution in [0.2, 0.25) is 0 Å². The molecule has 2 aromatic carbocycles. The first-order chi connectivity index (χ1) is 12.3. The molecule has 0 aromatic heterocycles. The lowest BCUT2D eigenvalue weighted by molar-refractivity contribution is -0.132. The lowest BCUT2D eigenvalue weighted by atomic mass is 10.1. The lowest BCUT2D eigenvalue weighted by Crippen LogP contribution is -2.43. The Labute approximate surface area is 156 Å².